The van der Waals surface area contributed by atoms with Crippen molar-refractivity contribution in [3.63, 3.8) is 0 Å². The summed E-state index contributed by atoms with van der Waals surface area (Å²) < 4.78 is 5.78. The van der Waals surface area contributed by atoms with E-state index in [1.54, 1.807) is 6.20 Å². The highest BCUT2D eigenvalue weighted by Crippen LogP contribution is 2.27. The van der Waals surface area contributed by atoms with E-state index in [9.17, 15) is 4.79 Å². The van der Waals surface area contributed by atoms with Crippen LogP contribution in [0.1, 0.15) is 19.2 Å². The topological polar surface area (TPSA) is 66.6 Å². The van der Waals surface area contributed by atoms with E-state index in [4.69, 9.17) is 9.52 Å². The van der Waals surface area contributed by atoms with Gasteiger partial charge in [0.2, 0.25) is 5.89 Å². The maximum absolute atomic E-state index is 11.1. The molecule has 3 rings (SSSR count). The van der Waals surface area contributed by atoms with Gasteiger partial charge in [-0.1, -0.05) is 30.3 Å². The maximum atomic E-state index is 11.1. The molecule has 0 bridgehead atoms. The first-order valence-electron chi connectivity index (χ1n) is 7.12. The van der Waals surface area contributed by atoms with Crippen molar-refractivity contribution in [1.82, 2.24) is 9.88 Å². The average molecular weight is 286 g/mol. The Labute approximate surface area is 123 Å². The van der Waals surface area contributed by atoms with E-state index >= 15 is 0 Å². The number of carbonyl (C=O) groups is 1. The molecule has 0 radical (unpaired) electrons. The lowest BCUT2D eigenvalue weighted by Crippen LogP contribution is -2.32. The van der Waals surface area contributed by atoms with Crippen LogP contribution in [0.5, 0.6) is 0 Å². The molecule has 2 heterocycles. The highest BCUT2D eigenvalue weighted by atomic mass is 16.4. The number of aromatic nitrogens is 1. The van der Waals surface area contributed by atoms with E-state index < -0.39 is 5.97 Å². The van der Waals surface area contributed by atoms with E-state index in [0.717, 1.165) is 17.9 Å². The summed E-state index contributed by atoms with van der Waals surface area (Å²) in [5.74, 6) is 0.356. The van der Waals surface area contributed by atoms with E-state index in [-0.39, 0.29) is 12.0 Å². The Bertz CT molecular complexity index is 623. The fraction of sp³-hybridized carbons (Fsp3) is 0.375. The summed E-state index contributed by atoms with van der Waals surface area (Å²) in [6, 6.07) is 9.83. The molecule has 2 unspecified atom stereocenters. The number of hydrogen-bond acceptors (Lipinski definition) is 4. The Morgan fingerprint density at radius 3 is 2.86 bits per heavy atom. The second kappa shape index (κ2) is 5.69. The Morgan fingerprint density at radius 1 is 1.43 bits per heavy atom. The third kappa shape index (κ3) is 2.83. The predicted octanol–water partition coefficient (Wildman–Crippen LogP) is 2.64. The maximum Gasteiger partial charge on any atom is 0.308 e. The number of hydrogen-bond donors (Lipinski definition) is 1. The number of likely N-dealkylation sites (tertiary alicyclic amines) is 1. The molecule has 1 fully saturated rings. The number of carboxylic acids is 1. The molecule has 2 atom stereocenters. The van der Waals surface area contributed by atoms with Crippen molar-refractivity contribution < 1.29 is 14.3 Å². The van der Waals surface area contributed by atoms with Crippen molar-refractivity contribution in [2.75, 3.05) is 6.54 Å². The number of benzene rings is 1. The summed E-state index contributed by atoms with van der Waals surface area (Å²) in [7, 11) is 0. The SMILES string of the molecule is CC1C(C(=O)O)CCN1Cc1ncc(-c2ccccc2)o1. The molecule has 0 aliphatic carbocycles. The number of oxazole rings is 1. The van der Waals surface area contributed by atoms with Crippen LogP contribution in [-0.2, 0) is 11.3 Å². The molecule has 1 N–H and O–H groups in total. The van der Waals surface area contributed by atoms with Crippen molar-refractivity contribution in [1.29, 1.82) is 0 Å². The molecule has 0 amide bonds. The quantitative estimate of drug-likeness (QED) is 0.936. The minimum atomic E-state index is -0.720. The molecule has 1 aliphatic heterocycles. The summed E-state index contributed by atoms with van der Waals surface area (Å²) in [5.41, 5.74) is 0.995. The molecular formula is C16H18N2O3. The smallest absolute Gasteiger partial charge is 0.308 e. The van der Waals surface area contributed by atoms with Gasteiger partial charge in [-0.25, -0.2) is 4.98 Å². The summed E-state index contributed by atoms with van der Waals surface area (Å²) in [6.45, 7) is 3.27. The van der Waals surface area contributed by atoms with E-state index in [1.807, 2.05) is 37.3 Å². The largest absolute Gasteiger partial charge is 0.481 e. The van der Waals surface area contributed by atoms with Crippen molar-refractivity contribution in [3.05, 3.63) is 42.4 Å². The summed E-state index contributed by atoms with van der Waals surface area (Å²) in [4.78, 5) is 17.5. The van der Waals surface area contributed by atoms with Gasteiger partial charge < -0.3 is 9.52 Å². The summed E-state index contributed by atoms with van der Waals surface area (Å²) >= 11 is 0. The summed E-state index contributed by atoms with van der Waals surface area (Å²) in [6.07, 6.45) is 2.41. The molecule has 1 aromatic heterocycles. The monoisotopic (exact) mass is 286 g/mol. The number of carboxylic acid groups (broad SMARTS) is 1. The molecule has 5 nitrogen and oxygen atoms in total. The number of rotatable bonds is 4. The first kappa shape index (κ1) is 13.8. The van der Waals surface area contributed by atoms with Gasteiger partial charge in [0.15, 0.2) is 5.76 Å². The van der Waals surface area contributed by atoms with Crippen LogP contribution in [0.15, 0.2) is 40.9 Å². The van der Waals surface area contributed by atoms with Gasteiger partial charge in [0.1, 0.15) is 0 Å². The average Bonchev–Trinajstić information content (AvgIpc) is 3.08. The normalized spacial score (nSPS) is 22.5. The van der Waals surface area contributed by atoms with Crippen molar-refractivity contribution in [3.8, 4) is 11.3 Å². The van der Waals surface area contributed by atoms with Crippen LogP contribution in [0.4, 0.5) is 0 Å². The molecular weight excluding hydrogens is 268 g/mol. The van der Waals surface area contributed by atoms with Crippen LogP contribution >= 0.6 is 0 Å². The Kier molecular flexibility index (Phi) is 3.75. The van der Waals surface area contributed by atoms with Crippen LogP contribution in [0, 0.1) is 5.92 Å². The van der Waals surface area contributed by atoms with Crippen molar-refractivity contribution >= 4 is 5.97 Å². The Hall–Kier alpha value is -2.14. The minimum Gasteiger partial charge on any atom is -0.481 e. The fourth-order valence-electron chi connectivity index (χ4n) is 2.85. The highest BCUT2D eigenvalue weighted by molar-refractivity contribution is 5.71. The second-order valence-corrected chi connectivity index (χ2v) is 5.43. The van der Waals surface area contributed by atoms with Gasteiger partial charge in [0.25, 0.3) is 0 Å². The van der Waals surface area contributed by atoms with Crippen LogP contribution in [0.25, 0.3) is 11.3 Å². The van der Waals surface area contributed by atoms with Crippen molar-refractivity contribution in [2.45, 2.75) is 25.9 Å². The van der Waals surface area contributed by atoms with Gasteiger partial charge in [0.05, 0.1) is 18.7 Å². The fourth-order valence-corrected chi connectivity index (χ4v) is 2.85. The van der Waals surface area contributed by atoms with Crippen LogP contribution in [0.3, 0.4) is 0 Å². The van der Waals surface area contributed by atoms with Crippen LogP contribution < -0.4 is 0 Å². The third-order valence-corrected chi connectivity index (χ3v) is 4.15. The molecule has 21 heavy (non-hydrogen) atoms. The summed E-state index contributed by atoms with van der Waals surface area (Å²) in [5, 5.41) is 9.15. The molecule has 1 aliphatic rings. The van der Waals surface area contributed by atoms with Gasteiger partial charge in [-0.2, -0.15) is 0 Å². The van der Waals surface area contributed by atoms with E-state index in [1.165, 1.54) is 0 Å². The van der Waals surface area contributed by atoms with Gasteiger partial charge in [-0.15, -0.1) is 0 Å². The van der Waals surface area contributed by atoms with Gasteiger partial charge in [-0.05, 0) is 19.9 Å². The molecule has 2 aromatic rings. The molecule has 0 saturated carbocycles. The van der Waals surface area contributed by atoms with Gasteiger partial charge >= 0.3 is 5.97 Å². The minimum absolute atomic E-state index is 0.00887. The second-order valence-electron chi connectivity index (χ2n) is 5.43. The van der Waals surface area contributed by atoms with Crippen LogP contribution in [-0.4, -0.2) is 33.5 Å². The number of aliphatic carboxylic acids is 1. The van der Waals surface area contributed by atoms with E-state index in [0.29, 0.717) is 18.9 Å². The first-order chi connectivity index (χ1) is 10.1. The zero-order valence-corrected chi connectivity index (χ0v) is 11.9. The Morgan fingerprint density at radius 2 is 2.19 bits per heavy atom. The molecule has 1 saturated heterocycles. The molecule has 1 aromatic carbocycles. The van der Waals surface area contributed by atoms with Crippen molar-refractivity contribution in [2.24, 2.45) is 5.92 Å². The molecule has 110 valence electrons. The first-order valence-corrected chi connectivity index (χ1v) is 7.12. The highest BCUT2D eigenvalue weighted by Gasteiger charge is 2.36. The predicted molar refractivity (Wildman–Crippen MR) is 77.6 cm³/mol. The van der Waals surface area contributed by atoms with Gasteiger partial charge in [-0.3, -0.25) is 9.69 Å². The lowest BCUT2D eigenvalue weighted by atomic mass is 10.0. The standard InChI is InChI=1S/C16H18N2O3/c1-11-13(16(19)20)7-8-18(11)10-15-17-9-14(21-15)12-5-3-2-4-6-12/h2-6,9,11,13H,7-8,10H2,1H3,(H,19,20). The van der Waals surface area contributed by atoms with Gasteiger partial charge in [0, 0.05) is 11.6 Å². The lowest BCUT2D eigenvalue weighted by Gasteiger charge is -2.21. The lowest BCUT2D eigenvalue weighted by molar-refractivity contribution is -0.142. The zero-order chi connectivity index (χ0) is 14.8. The Balaban J connectivity index is 1.70. The molecule has 5 heteroatoms. The third-order valence-electron chi connectivity index (χ3n) is 4.15. The van der Waals surface area contributed by atoms with Crippen LogP contribution in [0.2, 0.25) is 0 Å². The zero-order valence-electron chi connectivity index (χ0n) is 11.9. The molecule has 0 spiro atoms. The number of nitrogens with zero attached hydrogens (tertiary/aromatic N) is 2. The van der Waals surface area contributed by atoms with E-state index in [2.05, 4.69) is 9.88 Å².